The van der Waals surface area contributed by atoms with Gasteiger partial charge in [-0.1, -0.05) is 47.7 Å². The second-order valence-electron chi connectivity index (χ2n) is 8.89. The predicted molar refractivity (Wildman–Crippen MR) is 137 cm³/mol. The fourth-order valence-electron chi connectivity index (χ4n) is 4.35. The summed E-state index contributed by atoms with van der Waals surface area (Å²) in [5, 5.41) is 26.7. The van der Waals surface area contributed by atoms with E-state index in [1.165, 1.54) is 16.9 Å². The summed E-state index contributed by atoms with van der Waals surface area (Å²) < 4.78 is 1.02. The number of fused-ring (bicyclic) bond motifs is 1. The molecule has 0 spiro atoms. The maximum atomic E-state index is 9.78. The van der Waals surface area contributed by atoms with Crippen LogP contribution in [-0.2, 0) is 13.0 Å². The van der Waals surface area contributed by atoms with Crippen LogP contribution >= 0.6 is 11.3 Å². The van der Waals surface area contributed by atoms with E-state index in [0.29, 0.717) is 24.1 Å². The molecule has 4 aromatic rings. The van der Waals surface area contributed by atoms with E-state index in [2.05, 4.69) is 27.8 Å². The Labute approximate surface area is 202 Å². The molecule has 7 nitrogen and oxygen atoms in total. The third-order valence-electron chi connectivity index (χ3n) is 6.24. The van der Waals surface area contributed by atoms with Crippen LogP contribution in [0.5, 0.6) is 0 Å². The summed E-state index contributed by atoms with van der Waals surface area (Å²) in [5.74, 6) is 1.82. The van der Waals surface area contributed by atoms with Crippen LogP contribution in [0, 0.1) is 5.92 Å². The Kier molecular flexibility index (Phi) is 6.99. The number of thiazole rings is 1. The standard InChI is InChI=1S/C26H29N5O2S/c32-16-19-8-11-22-23(13-19)34-26(29-22)31-24-14-20(12-17-4-2-1-3-5-17)28-25(30-24)27-15-18-6-9-21(33)10-7-18/h1-5,8,11,13-14,18,21,32-33H,6-7,9-10,12,15-16H2,(H2,27,28,29,30,31). The molecule has 0 aliphatic heterocycles. The fraction of sp³-hybridized carbons (Fsp3) is 0.346. The van der Waals surface area contributed by atoms with Gasteiger partial charge in [0.2, 0.25) is 5.95 Å². The molecule has 1 saturated carbocycles. The highest BCUT2D eigenvalue weighted by molar-refractivity contribution is 7.22. The summed E-state index contributed by atoms with van der Waals surface area (Å²) in [4.78, 5) is 14.2. The molecule has 0 unspecified atom stereocenters. The van der Waals surface area contributed by atoms with Gasteiger partial charge >= 0.3 is 0 Å². The lowest BCUT2D eigenvalue weighted by Gasteiger charge is -2.25. The van der Waals surface area contributed by atoms with Gasteiger partial charge in [0.15, 0.2) is 5.13 Å². The van der Waals surface area contributed by atoms with Crippen molar-refractivity contribution in [3.8, 4) is 0 Å². The van der Waals surface area contributed by atoms with Gasteiger partial charge in [0.05, 0.1) is 28.6 Å². The number of aliphatic hydroxyl groups excluding tert-OH is 2. The van der Waals surface area contributed by atoms with Crippen LogP contribution in [0.15, 0.2) is 54.6 Å². The Morgan fingerprint density at radius 3 is 2.53 bits per heavy atom. The third kappa shape index (κ3) is 5.70. The largest absolute Gasteiger partial charge is 0.393 e. The molecule has 2 aromatic carbocycles. The van der Waals surface area contributed by atoms with Crippen LogP contribution in [0.3, 0.4) is 0 Å². The van der Waals surface area contributed by atoms with Gasteiger partial charge in [-0.05, 0) is 54.9 Å². The van der Waals surface area contributed by atoms with Crippen molar-refractivity contribution in [2.24, 2.45) is 5.92 Å². The van der Waals surface area contributed by atoms with Gasteiger partial charge in [-0.3, -0.25) is 0 Å². The first-order valence-corrected chi connectivity index (χ1v) is 12.6. The molecule has 8 heteroatoms. The van der Waals surface area contributed by atoms with E-state index in [-0.39, 0.29) is 12.7 Å². The van der Waals surface area contributed by atoms with Crippen LogP contribution in [0.2, 0.25) is 0 Å². The summed E-state index contributed by atoms with van der Waals surface area (Å²) in [6.45, 7) is 0.812. The second-order valence-corrected chi connectivity index (χ2v) is 9.92. The van der Waals surface area contributed by atoms with E-state index >= 15 is 0 Å². The van der Waals surface area contributed by atoms with Crippen LogP contribution in [0.1, 0.15) is 42.5 Å². The zero-order valence-corrected chi connectivity index (χ0v) is 19.8. The summed E-state index contributed by atoms with van der Waals surface area (Å²) in [6, 6.07) is 18.0. The number of nitrogens with one attached hydrogen (secondary N) is 2. The SMILES string of the molecule is OCc1ccc2nc(Nc3cc(Cc4ccccc4)nc(NCC4CCC(O)CC4)n3)sc2c1. The molecule has 2 aromatic heterocycles. The minimum atomic E-state index is -0.153. The molecule has 0 saturated heterocycles. The van der Waals surface area contributed by atoms with Gasteiger partial charge in [-0.2, -0.15) is 4.98 Å². The minimum absolute atomic E-state index is 0.0142. The van der Waals surface area contributed by atoms with E-state index in [1.807, 2.05) is 42.5 Å². The summed E-state index contributed by atoms with van der Waals surface area (Å²) in [6.07, 6.45) is 4.32. The number of benzene rings is 2. The first-order valence-electron chi connectivity index (χ1n) is 11.8. The average Bonchev–Trinajstić information content (AvgIpc) is 3.25. The predicted octanol–water partition coefficient (Wildman–Crippen LogP) is 4.88. The molecular formula is C26H29N5O2S. The fourth-order valence-corrected chi connectivity index (χ4v) is 5.29. The maximum Gasteiger partial charge on any atom is 0.224 e. The summed E-state index contributed by atoms with van der Waals surface area (Å²) in [7, 11) is 0. The highest BCUT2D eigenvalue weighted by Gasteiger charge is 2.19. The normalized spacial score (nSPS) is 18.2. The Hall–Kier alpha value is -3.07. The topological polar surface area (TPSA) is 103 Å². The number of rotatable bonds is 8. The third-order valence-corrected chi connectivity index (χ3v) is 7.18. The van der Waals surface area contributed by atoms with Crippen LogP contribution < -0.4 is 10.6 Å². The molecule has 5 rings (SSSR count). The van der Waals surface area contributed by atoms with Crippen LogP contribution in [0.4, 0.5) is 16.9 Å². The maximum absolute atomic E-state index is 9.78. The van der Waals surface area contributed by atoms with Crippen molar-refractivity contribution in [3.63, 3.8) is 0 Å². The van der Waals surface area contributed by atoms with E-state index in [0.717, 1.165) is 58.8 Å². The molecule has 0 amide bonds. The molecule has 0 radical (unpaired) electrons. The number of aromatic nitrogens is 3. The van der Waals surface area contributed by atoms with Crippen molar-refractivity contribution in [1.82, 2.24) is 15.0 Å². The molecule has 4 N–H and O–H groups in total. The monoisotopic (exact) mass is 475 g/mol. The van der Waals surface area contributed by atoms with Crippen molar-refractivity contribution in [3.05, 3.63) is 71.4 Å². The Morgan fingerprint density at radius 1 is 0.912 bits per heavy atom. The van der Waals surface area contributed by atoms with Crippen molar-refractivity contribution < 1.29 is 10.2 Å². The van der Waals surface area contributed by atoms with Crippen molar-refractivity contribution >= 4 is 38.5 Å². The molecule has 1 fully saturated rings. The van der Waals surface area contributed by atoms with Crippen LogP contribution in [0.25, 0.3) is 10.2 Å². The highest BCUT2D eigenvalue weighted by atomic mass is 32.1. The zero-order valence-electron chi connectivity index (χ0n) is 18.9. The molecular weight excluding hydrogens is 446 g/mol. The van der Waals surface area contributed by atoms with Crippen molar-refractivity contribution in [2.45, 2.75) is 44.8 Å². The lowest BCUT2D eigenvalue weighted by Crippen LogP contribution is -2.24. The lowest BCUT2D eigenvalue weighted by molar-refractivity contribution is 0.111. The quantitative estimate of drug-likeness (QED) is 0.288. The Balaban J connectivity index is 1.37. The van der Waals surface area contributed by atoms with Crippen molar-refractivity contribution in [1.29, 1.82) is 0 Å². The summed E-state index contributed by atoms with van der Waals surface area (Å²) in [5.41, 5.74) is 3.88. The molecule has 0 atom stereocenters. The highest BCUT2D eigenvalue weighted by Crippen LogP contribution is 2.30. The minimum Gasteiger partial charge on any atom is -0.393 e. The second kappa shape index (κ2) is 10.5. The van der Waals surface area contributed by atoms with Gasteiger partial charge < -0.3 is 20.8 Å². The average molecular weight is 476 g/mol. The lowest BCUT2D eigenvalue weighted by atomic mass is 9.87. The smallest absolute Gasteiger partial charge is 0.224 e. The first-order chi connectivity index (χ1) is 16.6. The van der Waals surface area contributed by atoms with E-state index in [4.69, 9.17) is 9.97 Å². The van der Waals surface area contributed by atoms with Crippen molar-refractivity contribution in [2.75, 3.05) is 17.2 Å². The number of nitrogens with zero attached hydrogens (tertiary/aromatic N) is 3. The molecule has 2 heterocycles. The Morgan fingerprint density at radius 2 is 1.74 bits per heavy atom. The first kappa shape index (κ1) is 22.7. The molecule has 34 heavy (non-hydrogen) atoms. The zero-order chi connectivity index (χ0) is 23.3. The van der Waals surface area contributed by atoms with Crippen LogP contribution in [-0.4, -0.2) is 37.8 Å². The van der Waals surface area contributed by atoms with Gasteiger partial charge in [0.1, 0.15) is 5.82 Å². The van der Waals surface area contributed by atoms with Gasteiger partial charge in [-0.25, -0.2) is 9.97 Å². The number of hydrogen-bond acceptors (Lipinski definition) is 8. The van der Waals surface area contributed by atoms with E-state index in [9.17, 15) is 10.2 Å². The summed E-state index contributed by atoms with van der Waals surface area (Å²) >= 11 is 1.54. The number of anilines is 3. The Bertz CT molecular complexity index is 1240. The molecule has 1 aliphatic rings. The van der Waals surface area contributed by atoms with Gasteiger partial charge in [0, 0.05) is 19.0 Å². The number of aliphatic hydroxyl groups is 2. The molecule has 0 bridgehead atoms. The molecule has 176 valence electrons. The van der Waals surface area contributed by atoms with E-state index in [1.54, 1.807) is 0 Å². The van der Waals surface area contributed by atoms with Gasteiger partial charge in [0.25, 0.3) is 0 Å². The molecule has 1 aliphatic carbocycles. The van der Waals surface area contributed by atoms with E-state index < -0.39 is 0 Å². The number of hydrogen-bond donors (Lipinski definition) is 4. The van der Waals surface area contributed by atoms with Gasteiger partial charge in [-0.15, -0.1) is 0 Å².